The van der Waals surface area contributed by atoms with Crippen molar-refractivity contribution in [2.75, 3.05) is 13.1 Å². The molecular formula is C20H27Cl2N2O3. The maximum Gasteiger partial charge on any atom is 0.262 e. The SMILES string of the molecule is CC(CCC(=O)N(CC(=O)NO)CC1CCCC1)Cc1[c]c(Cl)ccc1Cl. The lowest BCUT2D eigenvalue weighted by atomic mass is 9.96. The van der Waals surface area contributed by atoms with E-state index in [0.717, 1.165) is 18.4 Å². The van der Waals surface area contributed by atoms with Gasteiger partial charge in [-0.3, -0.25) is 14.8 Å². The third kappa shape index (κ3) is 7.32. The quantitative estimate of drug-likeness (QED) is 0.468. The minimum Gasteiger partial charge on any atom is -0.333 e. The molecule has 2 rings (SSSR count). The summed E-state index contributed by atoms with van der Waals surface area (Å²) >= 11 is 12.2. The molecule has 1 aliphatic carbocycles. The predicted octanol–water partition coefficient (Wildman–Crippen LogP) is 4.28. The summed E-state index contributed by atoms with van der Waals surface area (Å²) in [5, 5.41) is 9.94. The fourth-order valence-corrected chi connectivity index (χ4v) is 3.95. The Balaban J connectivity index is 1.88. The average Bonchev–Trinajstić information content (AvgIpc) is 3.15. The molecule has 1 aliphatic rings. The highest BCUT2D eigenvalue weighted by Crippen LogP contribution is 2.27. The van der Waals surface area contributed by atoms with Crippen molar-refractivity contribution in [3.05, 3.63) is 33.8 Å². The highest BCUT2D eigenvalue weighted by atomic mass is 35.5. The summed E-state index contributed by atoms with van der Waals surface area (Å²) in [7, 11) is 0. The molecule has 1 unspecified atom stereocenters. The number of hydrogen-bond acceptors (Lipinski definition) is 3. The fraction of sp³-hybridized carbons (Fsp3) is 0.600. The van der Waals surface area contributed by atoms with Gasteiger partial charge < -0.3 is 4.90 Å². The Hall–Kier alpha value is -1.30. The molecule has 0 spiro atoms. The monoisotopic (exact) mass is 413 g/mol. The van der Waals surface area contributed by atoms with Crippen molar-refractivity contribution in [2.24, 2.45) is 11.8 Å². The molecule has 0 aliphatic heterocycles. The molecule has 0 bridgehead atoms. The zero-order valence-electron chi connectivity index (χ0n) is 15.6. The van der Waals surface area contributed by atoms with Crippen LogP contribution in [-0.4, -0.2) is 35.0 Å². The molecule has 0 heterocycles. The van der Waals surface area contributed by atoms with E-state index >= 15 is 0 Å². The number of halogens is 2. The van der Waals surface area contributed by atoms with Gasteiger partial charge >= 0.3 is 0 Å². The fourth-order valence-electron chi connectivity index (χ4n) is 3.59. The Bertz CT molecular complexity index is 648. The number of nitrogens with one attached hydrogen (secondary N) is 1. The van der Waals surface area contributed by atoms with Crippen molar-refractivity contribution in [3.63, 3.8) is 0 Å². The molecule has 5 nitrogen and oxygen atoms in total. The van der Waals surface area contributed by atoms with Crippen LogP contribution < -0.4 is 5.48 Å². The van der Waals surface area contributed by atoms with Crippen molar-refractivity contribution in [1.82, 2.24) is 10.4 Å². The summed E-state index contributed by atoms with van der Waals surface area (Å²) < 4.78 is 0. The zero-order chi connectivity index (χ0) is 19.8. The van der Waals surface area contributed by atoms with Gasteiger partial charge in [0.2, 0.25) is 5.91 Å². The molecule has 1 saturated carbocycles. The van der Waals surface area contributed by atoms with E-state index in [1.165, 1.54) is 12.8 Å². The van der Waals surface area contributed by atoms with Gasteiger partial charge in [0.25, 0.3) is 5.91 Å². The Morgan fingerprint density at radius 3 is 2.70 bits per heavy atom. The normalized spacial score (nSPS) is 15.6. The lowest BCUT2D eigenvalue weighted by Gasteiger charge is -2.25. The van der Waals surface area contributed by atoms with E-state index in [1.54, 1.807) is 22.5 Å². The molecule has 1 fully saturated rings. The minimum atomic E-state index is -0.560. The van der Waals surface area contributed by atoms with Crippen molar-refractivity contribution < 1.29 is 14.8 Å². The van der Waals surface area contributed by atoms with E-state index in [1.807, 2.05) is 0 Å². The van der Waals surface area contributed by atoms with Crippen molar-refractivity contribution in [3.8, 4) is 0 Å². The lowest BCUT2D eigenvalue weighted by molar-refractivity contribution is -0.140. The van der Waals surface area contributed by atoms with Gasteiger partial charge in [-0.25, -0.2) is 5.48 Å². The van der Waals surface area contributed by atoms with Crippen LogP contribution in [0.4, 0.5) is 0 Å². The predicted molar refractivity (Wildman–Crippen MR) is 106 cm³/mol. The highest BCUT2D eigenvalue weighted by molar-refractivity contribution is 6.33. The standard InChI is InChI=1S/C20H27Cl2N2O3/c1-14(10-16-11-17(21)7-8-18(16)22)6-9-20(26)24(13-19(25)23-27)12-15-4-2-3-5-15/h7-8,14-15,27H,2-6,9-10,12-13H2,1H3,(H,23,25). The van der Waals surface area contributed by atoms with Gasteiger partial charge in [-0.05, 0) is 55.2 Å². The van der Waals surface area contributed by atoms with E-state index < -0.39 is 5.91 Å². The number of rotatable bonds is 9. The Morgan fingerprint density at radius 2 is 2.04 bits per heavy atom. The van der Waals surface area contributed by atoms with Crippen LogP contribution in [0.2, 0.25) is 10.0 Å². The molecule has 1 radical (unpaired) electrons. The van der Waals surface area contributed by atoms with Crippen LogP contribution in [0.15, 0.2) is 12.1 Å². The van der Waals surface area contributed by atoms with Crippen LogP contribution in [0.5, 0.6) is 0 Å². The number of amides is 2. The van der Waals surface area contributed by atoms with E-state index in [4.69, 9.17) is 28.4 Å². The minimum absolute atomic E-state index is 0.0569. The number of carbonyl (C=O) groups excluding carboxylic acids is 2. The van der Waals surface area contributed by atoms with Crippen LogP contribution in [0.3, 0.4) is 0 Å². The smallest absolute Gasteiger partial charge is 0.262 e. The van der Waals surface area contributed by atoms with Crippen LogP contribution in [0, 0.1) is 17.9 Å². The first-order valence-electron chi connectivity index (χ1n) is 9.46. The molecule has 7 heteroatoms. The van der Waals surface area contributed by atoms with Gasteiger partial charge in [0, 0.05) is 29.1 Å². The lowest BCUT2D eigenvalue weighted by Crippen LogP contribution is -2.42. The molecule has 1 atom stereocenters. The number of hydrogen-bond donors (Lipinski definition) is 2. The van der Waals surface area contributed by atoms with Crippen molar-refractivity contribution in [2.45, 2.75) is 51.9 Å². The van der Waals surface area contributed by atoms with E-state index in [2.05, 4.69) is 13.0 Å². The number of carbonyl (C=O) groups is 2. The first kappa shape index (κ1) is 22.0. The zero-order valence-corrected chi connectivity index (χ0v) is 17.2. The van der Waals surface area contributed by atoms with E-state index in [-0.39, 0.29) is 18.4 Å². The topological polar surface area (TPSA) is 69.6 Å². The second-order valence-electron chi connectivity index (χ2n) is 7.44. The molecule has 1 aromatic carbocycles. The highest BCUT2D eigenvalue weighted by Gasteiger charge is 2.24. The molecule has 149 valence electrons. The van der Waals surface area contributed by atoms with Crippen LogP contribution in [-0.2, 0) is 16.0 Å². The first-order chi connectivity index (χ1) is 12.9. The summed E-state index contributed by atoms with van der Waals surface area (Å²) in [4.78, 5) is 25.8. The maximum atomic E-state index is 12.7. The average molecular weight is 414 g/mol. The molecule has 2 N–H and O–H groups in total. The van der Waals surface area contributed by atoms with Gasteiger partial charge in [-0.2, -0.15) is 0 Å². The second-order valence-corrected chi connectivity index (χ2v) is 8.25. The van der Waals surface area contributed by atoms with Gasteiger partial charge in [0.05, 0.1) is 0 Å². The number of benzene rings is 1. The summed E-state index contributed by atoms with van der Waals surface area (Å²) in [6, 6.07) is 6.51. The Kier molecular flexibility index (Phi) is 8.87. The third-order valence-corrected chi connectivity index (χ3v) is 5.68. The maximum absolute atomic E-state index is 12.7. The summed E-state index contributed by atoms with van der Waals surface area (Å²) in [5.74, 6) is 0.0483. The Labute approximate surface area is 171 Å². The number of hydroxylamine groups is 1. The van der Waals surface area contributed by atoms with Gasteiger partial charge in [-0.1, -0.05) is 43.0 Å². The molecule has 0 saturated heterocycles. The molecular weight excluding hydrogens is 387 g/mol. The molecule has 2 amide bonds. The van der Waals surface area contributed by atoms with E-state index in [9.17, 15) is 9.59 Å². The molecule has 27 heavy (non-hydrogen) atoms. The van der Waals surface area contributed by atoms with Crippen LogP contribution >= 0.6 is 23.2 Å². The third-order valence-electron chi connectivity index (χ3n) is 5.10. The van der Waals surface area contributed by atoms with Gasteiger partial charge in [-0.15, -0.1) is 0 Å². The summed E-state index contributed by atoms with van der Waals surface area (Å²) in [6.07, 6.45) is 6.24. The largest absolute Gasteiger partial charge is 0.333 e. The summed E-state index contributed by atoms with van der Waals surface area (Å²) in [6.45, 7) is 2.53. The second kappa shape index (κ2) is 10.9. The molecule has 1 aromatic rings. The first-order valence-corrected chi connectivity index (χ1v) is 10.2. The summed E-state index contributed by atoms with van der Waals surface area (Å²) in [5.41, 5.74) is 2.47. The molecule has 0 aromatic heterocycles. The van der Waals surface area contributed by atoms with Crippen LogP contribution in [0.1, 0.15) is 51.0 Å². The van der Waals surface area contributed by atoms with Crippen molar-refractivity contribution in [1.29, 1.82) is 0 Å². The van der Waals surface area contributed by atoms with Gasteiger partial charge in [0.15, 0.2) is 0 Å². The van der Waals surface area contributed by atoms with E-state index in [0.29, 0.717) is 41.8 Å². The van der Waals surface area contributed by atoms with Crippen LogP contribution in [0.25, 0.3) is 0 Å². The Morgan fingerprint density at radius 1 is 1.33 bits per heavy atom. The van der Waals surface area contributed by atoms with Gasteiger partial charge in [0.1, 0.15) is 6.54 Å². The number of nitrogens with zero attached hydrogens (tertiary/aromatic N) is 1. The van der Waals surface area contributed by atoms with Crippen molar-refractivity contribution >= 4 is 35.0 Å².